The molecule has 0 aliphatic heterocycles. The van der Waals surface area contributed by atoms with Crippen molar-refractivity contribution in [1.29, 1.82) is 0 Å². The van der Waals surface area contributed by atoms with Crippen molar-refractivity contribution in [2.24, 2.45) is 0 Å². The molecule has 0 radical (unpaired) electrons. The summed E-state index contributed by atoms with van der Waals surface area (Å²) in [6, 6.07) is 7.28. The molecule has 0 aliphatic rings. The highest BCUT2D eigenvalue weighted by atomic mass is 32.1. The number of nitrogens with one attached hydrogen (secondary N) is 2. The van der Waals surface area contributed by atoms with Crippen LogP contribution in [0, 0.1) is 0 Å². The normalized spacial score (nSPS) is 10.8. The number of rotatable bonds is 4. The van der Waals surface area contributed by atoms with Crippen molar-refractivity contribution in [3.05, 3.63) is 29.8 Å². The van der Waals surface area contributed by atoms with Crippen molar-refractivity contribution in [2.75, 3.05) is 19.4 Å². The first-order chi connectivity index (χ1) is 9.25. The Balaban J connectivity index is 2.66. The van der Waals surface area contributed by atoms with Crippen LogP contribution >= 0.6 is 12.2 Å². The summed E-state index contributed by atoms with van der Waals surface area (Å²) in [7, 11) is 3.47. The third-order valence-electron chi connectivity index (χ3n) is 3.13. The Morgan fingerprint density at radius 3 is 2.25 bits per heavy atom. The van der Waals surface area contributed by atoms with Crippen molar-refractivity contribution in [1.82, 2.24) is 10.2 Å². The van der Waals surface area contributed by atoms with Gasteiger partial charge in [0, 0.05) is 30.9 Å². The lowest BCUT2D eigenvalue weighted by Crippen LogP contribution is -2.44. The minimum atomic E-state index is -0.0368. The van der Waals surface area contributed by atoms with Crippen LogP contribution in [0.25, 0.3) is 0 Å². The Morgan fingerprint density at radius 1 is 1.25 bits per heavy atom. The molecule has 1 amide bonds. The zero-order valence-corrected chi connectivity index (χ0v) is 13.6. The summed E-state index contributed by atoms with van der Waals surface area (Å²) in [5, 5.41) is 6.96. The molecule has 0 spiro atoms. The third-order valence-corrected chi connectivity index (χ3v) is 3.34. The molecule has 110 valence electrons. The average Bonchev–Trinajstić information content (AvgIpc) is 2.38. The van der Waals surface area contributed by atoms with Crippen molar-refractivity contribution in [2.45, 2.75) is 32.7 Å². The molecule has 0 saturated carbocycles. The predicted molar refractivity (Wildman–Crippen MR) is 88.2 cm³/mol. The zero-order valence-electron chi connectivity index (χ0n) is 12.8. The number of thiocarbonyl (C=S) groups is 1. The minimum absolute atomic E-state index is 0.00984. The van der Waals surface area contributed by atoms with Gasteiger partial charge in [0.25, 0.3) is 5.91 Å². The van der Waals surface area contributed by atoms with E-state index < -0.39 is 0 Å². The molecular weight excluding hydrogens is 270 g/mol. The minimum Gasteiger partial charge on any atom is -0.358 e. The van der Waals surface area contributed by atoms with E-state index in [1.165, 1.54) is 0 Å². The Morgan fingerprint density at radius 2 is 1.80 bits per heavy atom. The maximum Gasteiger partial charge on any atom is 0.253 e. The molecule has 0 bridgehead atoms. The summed E-state index contributed by atoms with van der Waals surface area (Å²) in [5.74, 6) is -0.00984. The van der Waals surface area contributed by atoms with Gasteiger partial charge in [0.1, 0.15) is 0 Å². The van der Waals surface area contributed by atoms with Crippen LogP contribution in [-0.2, 0) is 0 Å². The van der Waals surface area contributed by atoms with Crippen LogP contribution in [0.3, 0.4) is 0 Å². The van der Waals surface area contributed by atoms with Crippen LogP contribution in [0.1, 0.15) is 37.6 Å². The van der Waals surface area contributed by atoms with Gasteiger partial charge in [-0.15, -0.1) is 0 Å². The Kier molecular flexibility index (Phi) is 5.51. The van der Waals surface area contributed by atoms with Crippen molar-refractivity contribution < 1.29 is 4.79 Å². The molecule has 4 nitrogen and oxygen atoms in total. The predicted octanol–water partition coefficient (Wildman–Crippen LogP) is 2.86. The first-order valence-corrected chi connectivity index (χ1v) is 7.07. The standard InChI is InChI=1S/C15H23N3OS/c1-6-15(2,3)17-14(20)16-12-9-7-11(8-10-12)13(19)18(4)5/h7-10H,6H2,1-5H3,(H2,16,17,20). The zero-order chi connectivity index (χ0) is 15.3. The first-order valence-electron chi connectivity index (χ1n) is 6.66. The van der Waals surface area contributed by atoms with E-state index in [0.717, 1.165) is 12.1 Å². The van der Waals surface area contributed by atoms with Gasteiger partial charge in [0.15, 0.2) is 5.11 Å². The van der Waals surface area contributed by atoms with E-state index >= 15 is 0 Å². The molecule has 5 heteroatoms. The molecule has 0 aliphatic carbocycles. The highest BCUT2D eigenvalue weighted by Crippen LogP contribution is 2.12. The van der Waals surface area contributed by atoms with Gasteiger partial charge in [-0.2, -0.15) is 0 Å². The number of nitrogens with zero attached hydrogens (tertiary/aromatic N) is 1. The number of amides is 1. The van der Waals surface area contributed by atoms with Gasteiger partial charge < -0.3 is 15.5 Å². The fourth-order valence-corrected chi connectivity index (χ4v) is 1.91. The second kappa shape index (κ2) is 6.70. The number of benzene rings is 1. The van der Waals surface area contributed by atoms with Gasteiger partial charge in [-0.3, -0.25) is 4.79 Å². The molecule has 1 aromatic carbocycles. The first kappa shape index (κ1) is 16.4. The van der Waals surface area contributed by atoms with Crippen LogP contribution in [-0.4, -0.2) is 35.6 Å². The maximum absolute atomic E-state index is 11.8. The van der Waals surface area contributed by atoms with E-state index in [1.54, 1.807) is 31.1 Å². The Hall–Kier alpha value is -1.62. The molecule has 0 fully saturated rings. The lowest BCUT2D eigenvalue weighted by molar-refractivity contribution is 0.0827. The lowest BCUT2D eigenvalue weighted by atomic mass is 10.0. The number of hydrogen-bond donors (Lipinski definition) is 2. The quantitative estimate of drug-likeness (QED) is 0.838. The Bertz CT molecular complexity index is 480. The smallest absolute Gasteiger partial charge is 0.253 e. The van der Waals surface area contributed by atoms with E-state index in [-0.39, 0.29) is 11.4 Å². The summed E-state index contributed by atoms with van der Waals surface area (Å²) < 4.78 is 0. The highest BCUT2D eigenvalue weighted by molar-refractivity contribution is 7.80. The Labute approximate surface area is 126 Å². The van der Waals surface area contributed by atoms with Gasteiger partial charge in [0.2, 0.25) is 0 Å². The van der Waals surface area contributed by atoms with E-state index in [0.29, 0.717) is 10.7 Å². The van der Waals surface area contributed by atoms with Crippen molar-refractivity contribution >= 4 is 28.9 Å². The second-order valence-corrected chi connectivity index (χ2v) is 6.00. The summed E-state index contributed by atoms with van der Waals surface area (Å²) in [4.78, 5) is 13.3. The summed E-state index contributed by atoms with van der Waals surface area (Å²) >= 11 is 5.28. The van der Waals surface area contributed by atoms with Gasteiger partial charge in [-0.1, -0.05) is 6.92 Å². The second-order valence-electron chi connectivity index (χ2n) is 5.59. The molecule has 2 N–H and O–H groups in total. The van der Waals surface area contributed by atoms with Crippen LogP contribution in [0.4, 0.5) is 5.69 Å². The van der Waals surface area contributed by atoms with Crippen LogP contribution < -0.4 is 10.6 Å². The van der Waals surface area contributed by atoms with Crippen molar-refractivity contribution in [3.8, 4) is 0 Å². The molecule has 0 aromatic heterocycles. The van der Waals surface area contributed by atoms with E-state index in [2.05, 4.69) is 31.4 Å². The van der Waals surface area contributed by atoms with Gasteiger partial charge in [-0.05, 0) is 56.8 Å². The number of anilines is 1. The largest absolute Gasteiger partial charge is 0.358 e. The fourth-order valence-electron chi connectivity index (χ4n) is 1.51. The molecule has 1 aromatic rings. The molecule has 0 saturated heterocycles. The fraction of sp³-hybridized carbons (Fsp3) is 0.467. The van der Waals surface area contributed by atoms with Gasteiger partial charge in [0.05, 0.1) is 0 Å². The summed E-state index contributed by atoms with van der Waals surface area (Å²) in [6.45, 7) is 6.30. The highest BCUT2D eigenvalue weighted by Gasteiger charge is 2.15. The lowest BCUT2D eigenvalue weighted by Gasteiger charge is -2.26. The SMILES string of the molecule is CCC(C)(C)NC(=S)Nc1ccc(C(=O)N(C)C)cc1. The molecule has 20 heavy (non-hydrogen) atoms. The topological polar surface area (TPSA) is 44.4 Å². The number of carbonyl (C=O) groups excluding carboxylic acids is 1. The maximum atomic E-state index is 11.8. The molecule has 0 heterocycles. The van der Waals surface area contributed by atoms with Crippen molar-refractivity contribution in [3.63, 3.8) is 0 Å². The summed E-state index contributed by atoms with van der Waals surface area (Å²) in [6.07, 6.45) is 0.977. The monoisotopic (exact) mass is 293 g/mol. The molecule has 0 unspecified atom stereocenters. The molecular formula is C15H23N3OS. The third kappa shape index (κ3) is 4.81. The van der Waals surface area contributed by atoms with Crippen LogP contribution in [0.5, 0.6) is 0 Å². The van der Waals surface area contributed by atoms with E-state index in [1.807, 2.05) is 12.1 Å². The molecule has 1 rings (SSSR count). The van der Waals surface area contributed by atoms with Gasteiger partial charge >= 0.3 is 0 Å². The summed E-state index contributed by atoms with van der Waals surface area (Å²) in [5.41, 5.74) is 1.49. The average molecular weight is 293 g/mol. The van der Waals surface area contributed by atoms with Gasteiger partial charge in [-0.25, -0.2) is 0 Å². The van der Waals surface area contributed by atoms with Crippen LogP contribution in [0.2, 0.25) is 0 Å². The number of carbonyl (C=O) groups is 1. The van der Waals surface area contributed by atoms with E-state index in [9.17, 15) is 4.79 Å². The van der Waals surface area contributed by atoms with Crippen LogP contribution in [0.15, 0.2) is 24.3 Å². The number of hydrogen-bond acceptors (Lipinski definition) is 2. The van der Waals surface area contributed by atoms with E-state index in [4.69, 9.17) is 12.2 Å². The molecule has 0 atom stereocenters.